The molecule has 2 aromatic rings. The molecule has 0 radical (unpaired) electrons. The van der Waals surface area contributed by atoms with Gasteiger partial charge < -0.3 is 20.5 Å². The molecule has 0 bridgehead atoms. The van der Waals surface area contributed by atoms with Crippen molar-refractivity contribution in [2.75, 3.05) is 11.9 Å². The third-order valence-electron chi connectivity index (χ3n) is 6.85. The molecule has 42 heavy (non-hydrogen) atoms. The molecule has 0 aromatic carbocycles. The van der Waals surface area contributed by atoms with Crippen molar-refractivity contribution in [3.8, 4) is 17.0 Å². The molecule has 1 amide bonds. The van der Waals surface area contributed by atoms with Crippen molar-refractivity contribution >= 4 is 34.9 Å². The van der Waals surface area contributed by atoms with E-state index < -0.39 is 54.1 Å². The van der Waals surface area contributed by atoms with Crippen LogP contribution in [0.2, 0.25) is 5.02 Å². The van der Waals surface area contributed by atoms with Crippen LogP contribution in [0.3, 0.4) is 0 Å². The van der Waals surface area contributed by atoms with Gasteiger partial charge in [-0.15, -0.1) is 0 Å². The van der Waals surface area contributed by atoms with E-state index in [1.54, 1.807) is 13.8 Å². The maximum atomic E-state index is 13.3. The second-order valence-corrected chi connectivity index (χ2v) is 10.5. The van der Waals surface area contributed by atoms with E-state index >= 15 is 0 Å². The molecule has 2 heterocycles. The number of hydrogen-bond donors (Lipinski definition) is 3. The number of carbonyl (C=O) groups is 1. The molecule has 1 aliphatic rings. The summed E-state index contributed by atoms with van der Waals surface area (Å²) in [7, 11) is 0. The summed E-state index contributed by atoms with van der Waals surface area (Å²) in [6.45, 7) is 2.29. The predicted octanol–water partition coefficient (Wildman–Crippen LogP) is 5.36. The zero-order valence-corrected chi connectivity index (χ0v) is 24.7. The number of pyridine rings is 1. The first-order valence-corrected chi connectivity index (χ1v) is 14.2. The number of halogens is 6. The van der Waals surface area contributed by atoms with Crippen LogP contribution in [0.5, 0.6) is 5.75 Å². The molecule has 1 atom stereocenters. The van der Waals surface area contributed by atoms with E-state index in [9.17, 15) is 31.9 Å². The largest absolute Gasteiger partial charge is 0.434 e. The summed E-state index contributed by atoms with van der Waals surface area (Å²) in [6, 6.07) is 0.0217. The number of nitrogens with one attached hydrogen (secondary N) is 2. The molecular weight excluding hydrogens is 613 g/mol. The number of carbonyl (C=O) groups excluding carboxylic acids is 1. The van der Waals surface area contributed by atoms with Gasteiger partial charge in [-0.05, 0) is 44.9 Å². The minimum Gasteiger partial charge on any atom is -0.434 e. The van der Waals surface area contributed by atoms with Crippen LogP contribution in [0.25, 0.3) is 11.3 Å². The highest BCUT2D eigenvalue weighted by molar-refractivity contribution is 7.51. The molecule has 1 saturated carbocycles. The number of aliphatic hydroxyl groups is 1. The number of rotatable bonds is 11. The van der Waals surface area contributed by atoms with Gasteiger partial charge in [0.1, 0.15) is 11.6 Å². The van der Waals surface area contributed by atoms with Crippen LogP contribution in [-0.4, -0.2) is 65.2 Å². The fourth-order valence-electron chi connectivity index (χ4n) is 4.55. The van der Waals surface area contributed by atoms with Crippen LogP contribution < -0.4 is 15.4 Å². The van der Waals surface area contributed by atoms with E-state index in [0.29, 0.717) is 18.8 Å². The molecule has 10 nitrogen and oxygen atoms in total. The van der Waals surface area contributed by atoms with E-state index in [1.807, 2.05) is 0 Å². The third-order valence-corrected chi connectivity index (χ3v) is 7.21. The Morgan fingerprint density at radius 3 is 2.43 bits per heavy atom. The summed E-state index contributed by atoms with van der Waals surface area (Å²) in [5.41, 5.74) is -1.17. The van der Waals surface area contributed by atoms with Gasteiger partial charge in [0, 0.05) is 31.4 Å². The molecule has 17 heteroatoms. The van der Waals surface area contributed by atoms with Crippen molar-refractivity contribution in [2.45, 2.75) is 90.3 Å². The van der Waals surface area contributed by atoms with Crippen molar-refractivity contribution < 1.29 is 45.0 Å². The molecule has 3 rings (SSSR count). The Labute approximate surface area is 248 Å². The predicted molar refractivity (Wildman–Crippen MR) is 145 cm³/mol. The number of anilines is 1. The Hall–Kier alpha value is -2.85. The standard InChI is InChI=1S/C25H33ClF5N5O3.O2S/c1-4-15(11-25(29,30)31)34-18-10-17(39-23(27)28)16(12-32-18)21-19(26)20(35-36(21)5-2)22(37)33-13-24(38)8-6-14(3)7-9-24;1-3-2/h10,12,14-15,23,38H,4-9,11,13H2,1-3H3,(H,32,34)(H,33,37);. The first-order chi connectivity index (χ1) is 19.7. The lowest BCUT2D eigenvalue weighted by Gasteiger charge is -2.34. The summed E-state index contributed by atoms with van der Waals surface area (Å²) in [5.74, 6) is -0.660. The average Bonchev–Trinajstić information content (AvgIpc) is 3.24. The molecule has 2 aromatic heterocycles. The molecule has 0 saturated heterocycles. The molecule has 1 fully saturated rings. The monoisotopic (exact) mass is 645 g/mol. The van der Waals surface area contributed by atoms with Gasteiger partial charge in [-0.1, -0.05) is 25.4 Å². The van der Waals surface area contributed by atoms with Crippen LogP contribution >= 0.6 is 11.6 Å². The molecule has 0 spiro atoms. The number of aromatic nitrogens is 3. The van der Waals surface area contributed by atoms with Crippen molar-refractivity contribution in [1.82, 2.24) is 20.1 Å². The summed E-state index contributed by atoms with van der Waals surface area (Å²) < 4.78 is 87.8. The summed E-state index contributed by atoms with van der Waals surface area (Å²) >= 11 is 5.77. The number of alkyl halides is 5. The normalized spacial score (nSPS) is 19.5. The molecule has 236 valence electrons. The zero-order chi connectivity index (χ0) is 31.7. The highest BCUT2D eigenvalue weighted by atomic mass is 35.5. The van der Waals surface area contributed by atoms with E-state index in [0.717, 1.165) is 25.1 Å². The Balaban J connectivity index is 0.00000197. The molecule has 3 N–H and O–H groups in total. The maximum absolute atomic E-state index is 13.3. The van der Waals surface area contributed by atoms with E-state index in [2.05, 4.69) is 32.4 Å². The molecule has 1 aliphatic carbocycles. The highest BCUT2D eigenvalue weighted by Gasteiger charge is 2.34. The van der Waals surface area contributed by atoms with E-state index in [4.69, 9.17) is 20.0 Å². The van der Waals surface area contributed by atoms with Crippen LogP contribution in [0.15, 0.2) is 12.3 Å². The molecule has 0 aliphatic heterocycles. The summed E-state index contributed by atoms with van der Waals surface area (Å²) in [4.78, 5) is 17.0. The van der Waals surface area contributed by atoms with Gasteiger partial charge in [0.15, 0.2) is 5.69 Å². The van der Waals surface area contributed by atoms with Gasteiger partial charge in [-0.3, -0.25) is 9.48 Å². The van der Waals surface area contributed by atoms with Crippen molar-refractivity contribution in [1.29, 1.82) is 0 Å². The summed E-state index contributed by atoms with van der Waals surface area (Å²) in [5, 5.41) is 20.1. The van der Waals surface area contributed by atoms with Gasteiger partial charge in [0.25, 0.3) is 5.91 Å². The number of amides is 1. The van der Waals surface area contributed by atoms with Gasteiger partial charge in [0.2, 0.25) is 0 Å². The number of hydrogen-bond acceptors (Lipinski definition) is 8. The average molecular weight is 646 g/mol. The minimum absolute atomic E-state index is 0.00138. The Kier molecular flexibility index (Phi) is 13.1. The lowest BCUT2D eigenvalue weighted by atomic mass is 9.79. The number of nitrogens with zero attached hydrogens (tertiary/aromatic N) is 3. The SMILES string of the molecule is CCC(CC(F)(F)F)Nc1cc(OC(F)F)c(-c2c(Cl)c(C(=O)NCC3(O)CCC(C)CC3)nn2CC)cn1.O=S=O. The van der Waals surface area contributed by atoms with Gasteiger partial charge in [-0.25, -0.2) is 4.98 Å². The first-order valence-electron chi connectivity index (χ1n) is 13.1. The topological polar surface area (TPSA) is 135 Å². The third kappa shape index (κ3) is 10.2. The van der Waals surface area contributed by atoms with Crippen molar-refractivity contribution in [2.24, 2.45) is 5.92 Å². The quantitative estimate of drug-likeness (QED) is 0.278. The Morgan fingerprint density at radius 1 is 1.29 bits per heavy atom. The Bertz CT molecular complexity index is 1230. The second kappa shape index (κ2) is 15.6. The fraction of sp³-hybridized carbons (Fsp3) is 0.640. The lowest BCUT2D eigenvalue weighted by molar-refractivity contribution is -0.137. The van der Waals surface area contributed by atoms with Gasteiger partial charge >= 0.3 is 24.4 Å². The van der Waals surface area contributed by atoms with Crippen molar-refractivity contribution in [3.05, 3.63) is 23.0 Å². The van der Waals surface area contributed by atoms with Crippen molar-refractivity contribution in [3.63, 3.8) is 0 Å². The maximum Gasteiger partial charge on any atom is 0.391 e. The highest BCUT2D eigenvalue weighted by Crippen LogP contribution is 2.39. The second-order valence-electron chi connectivity index (χ2n) is 10.00. The van der Waals surface area contributed by atoms with Crippen LogP contribution in [0, 0.1) is 5.92 Å². The minimum atomic E-state index is -4.43. The van der Waals surface area contributed by atoms with Gasteiger partial charge in [0.05, 0.1) is 28.3 Å². The number of aryl methyl sites for hydroxylation is 1. The zero-order valence-electron chi connectivity index (χ0n) is 23.1. The molecule has 1 unspecified atom stereocenters. The lowest BCUT2D eigenvalue weighted by Crippen LogP contribution is -2.45. The fourth-order valence-corrected chi connectivity index (χ4v) is 4.87. The van der Waals surface area contributed by atoms with Gasteiger partial charge in [-0.2, -0.15) is 35.5 Å². The smallest absolute Gasteiger partial charge is 0.391 e. The summed E-state index contributed by atoms with van der Waals surface area (Å²) in [6.07, 6.45) is -1.59. The van der Waals surface area contributed by atoms with E-state index in [-0.39, 0.29) is 47.3 Å². The van der Waals surface area contributed by atoms with E-state index in [1.165, 1.54) is 4.68 Å². The number of ether oxygens (including phenoxy) is 1. The van der Waals surface area contributed by atoms with Crippen LogP contribution in [0.1, 0.15) is 69.8 Å². The van der Waals surface area contributed by atoms with Crippen LogP contribution in [0.4, 0.5) is 27.8 Å². The molecular formula is C25H33ClF5N5O5S. The first kappa shape index (κ1) is 35.3. The van der Waals surface area contributed by atoms with Crippen LogP contribution in [-0.2, 0) is 18.1 Å². The Morgan fingerprint density at radius 2 is 1.90 bits per heavy atom.